The topological polar surface area (TPSA) is 64.2 Å². The molecule has 0 atom stereocenters. The number of amidine groups is 1. The molecule has 4 heterocycles. The highest BCUT2D eigenvalue weighted by molar-refractivity contribution is 6.08. The van der Waals surface area contributed by atoms with E-state index in [0.29, 0.717) is 29.5 Å². The van der Waals surface area contributed by atoms with Crippen LogP contribution in [0.25, 0.3) is 0 Å². The summed E-state index contributed by atoms with van der Waals surface area (Å²) in [6.07, 6.45) is 6.10. The smallest absolute Gasteiger partial charge is 0.313 e. The van der Waals surface area contributed by atoms with Gasteiger partial charge in [0.1, 0.15) is 13.3 Å². The number of halogens is 1. The van der Waals surface area contributed by atoms with Gasteiger partial charge in [0.15, 0.2) is 17.5 Å². The Balaban J connectivity index is 1.40. The van der Waals surface area contributed by atoms with Crippen molar-refractivity contribution >= 4 is 17.5 Å². The summed E-state index contributed by atoms with van der Waals surface area (Å²) in [5.74, 6) is 2.59. The molecule has 0 spiro atoms. The quantitative estimate of drug-likeness (QED) is 0.756. The van der Waals surface area contributed by atoms with Gasteiger partial charge in [0.05, 0.1) is 11.9 Å². The van der Waals surface area contributed by atoms with Crippen LogP contribution in [0.3, 0.4) is 0 Å². The van der Waals surface area contributed by atoms with Crippen LogP contribution < -0.4 is 9.91 Å². The minimum atomic E-state index is 0.140. The third-order valence-electron chi connectivity index (χ3n) is 5.63. The number of hydrazine groups is 1. The molecular weight excluding hydrogens is 349 g/mol. The second kappa shape index (κ2) is 5.45. The fourth-order valence-corrected chi connectivity index (χ4v) is 4.35. The van der Waals surface area contributed by atoms with Crippen molar-refractivity contribution in [2.24, 2.45) is 4.99 Å². The summed E-state index contributed by atoms with van der Waals surface area (Å²) in [5, 5.41) is 8.56. The lowest BCUT2D eigenvalue weighted by atomic mass is 10.1. The molecule has 2 aromatic rings. The molecule has 138 valence electrons. The van der Waals surface area contributed by atoms with Gasteiger partial charge in [-0.15, -0.1) is 0 Å². The van der Waals surface area contributed by atoms with Crippen molar-refractivity contribution in [3.63, 3.8) is 0 Å². The zero-order chi connectivity index (χ0) is 18.0. The first-order chi connectivity index (χ1) is 13.3. The summed E-state index contributed by atoms with van der Waals surface area (Å²) in [5.41, 5.74) is 1.90. The first-order valence-corrected chi connectivity index (χ1v) is 9.26. The van der Waals surface area contributed by atoms with Crippen molar-refractivity contribution in [1.29, 1.82) is 0 Å². The largest absolute Gasteiger partial charge is 0.345 e. The number of hydrogen-bond acceptors (Lipinski definition) is 8. The van der Waals surface area contributed by atoms with Gasteiger partial charge >= 0.3 is 6.01 Å². The Morgan fingerprint density at radius 3 is 2.89 bits per heavy atom. The normalized spacial score (nSPS) is 21.4. The molecule has 6 rings (SSSR count). The van der Waals surface area contributed by atoms with Gasteiger partial charge in [-0.05, 0) is 25.0 Å². The monoisotopic (exact) mass is 367 g/mol. The third kappa shape index (κ3) is 2.11. The van der Waals surface area contributed by atoms with E-state index >= 15 is 0 Å². The molecule has 0 bridgehead atoms. The first-order valence-electron chi connectivity index (χ1n) is 9.26. The van der Waals surface area contributed by atoms with Gasteiger partial charge in [0, 0.05) is 11.5 Å². The SMILES string of the molecule is FN1C=C2N(C1)c1ccccc1C1=NCN(c3nc(C4CCCC4)no3)N21. The van der Waals surface area contributed by atoms with E-state index < -0.39 is 0 Å². The van der Waals surface area contributed by atoms with Crippen molar-refractivity contribution in [2.45, 2.75) is 31.6 Å². The minimum absolute atomic E-state index is 0.140. The molecule has 3 aliphatic heterocycles. The molecule has 27 heavy (non-hydrogen) atoms. The van der Waals surface area contributed by atoms with Gasteiger partial charge in [0.25, 0.3) is 0 Å². The van der Waals surface area contributed by atoms with Crippen LogP contribution in [0, 0.1) is 0 Å². The van der Waals surface area contributed by atoms with Crippen LogP contribution >= 0.6 is 0 Å². The van der Waals surface area contributed by atoms with Crippen LogP contribution in [-0.2, 0) is 0 Å². The van der Waals surface area contributed by atoms with Crippen molar-refractivity contribution in [3.8, 4) is 0 Å². The summed E-state index contributed by atoms with van der Waals surface area (Å²) in [6, 6.07) is 8.29. The number of aromatic nitrogens is 2. The van der Waals surface area contributed by atoms with E-state index in [-0.39, 0.29) is 6.67 Å². The maximum Gasteiger partial charge on any atom is 0.345 e. The molecular formula is C18H18FN7O. The number of benzene rings is 1. The van der Waals surface area contributed by atoms with Crippen LogP contribution in [0.4, 0.5) is 16.2 Å². The lowest BCUT2D eigenvalue weighted by Crippen LogP contribution is -2.49. The summed E-state index contributed by atoms with van der Waals surface area (Å²) < 4.78 is 19.7. The number of para-hydroxylation sites is 1. The third-order valence-corrected chi connectivity index (χ3v) is 5.63. The highest BCUT2D eigenvalue weighted by atomic mass is 19.2. The zero-order valence-corrected chi connectivity index (χ0v) is 14.6. The Morgan fingerprint density at radius 2 is 2.00 bits per heavy atom. The van der Waals surface area contributed by atoms with Gasteiger partial charge in [-0.25, -0.2) is 15.0 Å². The standard InChI is InChI=1S/C18H18FN7O/c19-23-9-15-24(11-23)14-8-4-3-7-13(14)17-20-10-25(26(15)17)18-21-16(22-27-18)12-5-1-2-6-12/h3-4,7-9,12H,1-2,5-6,10-11H2. The summed E-state index contributed by atoms with van der Waals surface area (Å²) in [7, 11) is 0. The molecule has 4 aliphatic rings. The highest BCUT2D eigenvalue weighted by Crippen LogP contribution is 2.41. The van der Waals surface area contributed by atoms with Gasteiger partial charge in [-0.1, -0.05) is 34.6 Å². The lowest BCUT2D eigenvalue weighted by molar-refractivity contribution is 0.104. The Kier molecular flexibility index (Phi) is 3.03. The Hall–Kier alpha value is -3.10. The number of rotatable bonds is 2. The summed E-state index contributed by atoms with van der Waals surface area (Å²) >= 11 is 0. The molecule has 9 heteroatoms. The molecule has 1 aromatic carbocycles. The van der Waals surface area contributed by atoms with Crippen molar-refractivity contribution in [1.82, 2.24) is 20.3 Å². The lowest BCUT2D eigenvalue weighted by Gasteiger charge is -2.38. The molecule has 0 N–H and O–H groups in total. The Labute approximate surface area is 155 Å². The molecule has 8 nitrogen and oxygen atoms in total. The van der Waals surface area contributed by atoms with E-state index in [2.05, 4.69) is 15.1 Å². The van der Waals surface area contributed by atoms with Crippen LogP contribution in [0.5, 0.6) is 0 Å². The molecule has 0 saturated heterocycles. The number of fused-ring (bicyclic) bond motifs is 6. The van der Waals surface area contributed by atoms with Gasteiger partial charge in [-0.3, -0.25) is 0 Å². The average Bonchev–Trinajstić information content (AvgIpc) is 3.44. The predicted molar refractivity (Wildman–Crippen MR) is 96.0 cm³/mol. The average molecular weight is 367 g/mol. The van der Waals surface area contributed by atoms with Crippen molar-refractivity contribution < 1.29 is 9.00 Å². The number of anilines is 2. The Bertz CT molecular complexity index is 964. The summed E-state index contributed by atoms with van der Waals surface area (Å²) in [4.78, 5) is 11.2. The van der Waals surface area contributed by atoms with Crippen LogP contribution in [-0.4, -0.2) is 39.4 Å². The van der Waals surface area contributed by atoms with Gasteiger partial charge < -0.3 is 9.42 Å². The van der Waals surface area contributed by atoms with Gasteiger partial charge in [-0.2, -0.15) is 10.1 Å². The fourth-order valence-electron chi connectivity index (χ4n) is 4.35. The molecule has 0 radical (unpaired) electrons. The molecule has 1 aliphatic carbocycles. The second-order valence-corrected chi connectivity index (χ2v) is 7.22. The van der Waals surface area contributed by atoms with Gasteiger partial charge in [0.2, 0.25) is 0 Å². The van der Waals surface area contributed by atoms with E-state index in [1.807, 2.05) is 39.2 Å². The Morgan fingerprint density at radius 1 is 1.15 bits per heavy atom. The number of hydrogen-bond donors (Lipinski definition) is 0. The predicted octanol–water partition coefficient (Wildman–Crippen LogP) is 2.95. The van der Waals surface area contributed by atoms with E-state index in [9.17, 15) is 4.48 Å². The van der Waals surface area contributed by atoms with E-state index in [1.165, 1.54) is 19.0 Å². The van der Waals surface area contributed by atoms with E-state index in [0.717, 1.165) is 35.8 Å². The molecule has 1 aromatic heterocycles. The molecule has 1 fully saturated rings. The van der Waals surface area contributed by atoms with E-state index in [1.54, 1.807) is 0 Å². The number of nitrogens with zero attached hydrogens (tertiary/aromatic N) is 7. The van der Waals surface area contributed by atoms with Crippen LogP contribution in [0.1, 0.15) is 43.0 Å². The molecule has 0 amide bonds. The molecule has 1 saturated carbocycles. The van der Waals surface area contributed by atoms with Crippen LogP contribution in [0.15, 0.2) is 45.8 Å². The van der Waals surface area contributed by atoms with E-state index in [4.69, 9.17) is 4.52 Å². The highest BCUT2D eigenvalue weighted by Gasteiger charge is 2.44. The van der Waals surface area contributed by atoms with Crippen LogP contribution in [0.2, 0.25) is 0 Å². The first kappa shape index (κ1) is 15.0. The minimum Gasteiger partial charge on any atom is -0.313 e. The number of aliphatic imine (C=N–C) groups is 1. The molecule has 0 unspecified atom stereocenters. The van der Waals surface area contributed by atoms with Crippen molar-refractivity contribution in [3.05, 3.63) is 47.7 Å². The van der Waals surface area contributed by atoms with Crippen molar-refractivity contribution in [2.75, 3.05) is 23.2 Å². The summed E-state index contributed by atoms with van der Waals surface area (Å²) in [6.45, 7) is 0.495. The second-order valence-electron chi connectivity index (χ2n) is 7.22. The maximum atomic E-state index is 14.1. The zero-order valence-electron chi connectivity index (χ0n) is 14.6. The maximum absolute atomic E-state index is 14.1. The fraction of sp³-hybridized carbons (Fsp3) is 0.389.